The van der Waals surface area contributed by atoms with E-state index in [4.69, 9.17) is 0 Å². The van der Waals surface area contributed by atoms with E-state index in [-0.39, 0.29) is 18.0 Å². The van der Waals surface area contributed by atoms with Gasteiger partial charge in [0, 0.05) is 23.6 Å². The Morgan fingerprint density at radius 1 is 1.31 bits per heavy atom. The number of carbonyl (C=O) groups is 1. The number of carbonyl (C=O) groups excluding carboxylic acids is 1. The van der Waals surface area contributed by atoms with Gasteiger partial charge in [0.2, 0.25) is 0 Å². The van der Waals surface area contributed by atoms with Crippen molar-refractivity contribution < 1.29 is 9.90 Å². The van der Waals surface area contributed by atoms with Crippen molar-refractivity contribution >= 4 is 17.1 Å². The van der Waals surface area contributed by atoms with Crippen LogP contribution in [0.2, 0.25) is 0 Å². The molecule has 0 aliphatic carbocycles. The van der Waals surface area contributed by atoms with Gasteiger partial charge >= 0.3 is 0 Å². The molecule has 1 heterocycles. The van der Waals surface area contributed by atoms with Gasteiger partial charge in [-0.3, -0.25) is 4.79 Å². The molecule has 2 rings (SSSR count). The Hall–Kier alpha value is -1.68. The number of para-hydroxylation sites is 1. The van der Waals surface area contributed by atoms with Gasteiger partial charge in [-0.05, 0) is 6.07 Å². The topological polar surface area (TPSA) is 50.2 Å². The minimum Gasteiger partial charge on any atom is -0.508 e. The minimum absolute atomic E-state index is 0.0662. The first-order valence-electron chi connectivity index (χ1n) is 4.92. The smallest absolute Gasteiger partial charge is 0.144 e. The summed E-state index contributed by atoms with van der Waals surface area (Å²) in [5.41, 5.74) is 0.670. The summed E-state index contributed by atoms with van der Waals surface area (Å²) in [6, 6.07) is 6.90. The first-order valence-corrected chi connectivity index (χ1v) is 5.80. The average Bonchev–Trinajstić information content (AvgIpc) is 2.74. The Balaban J connectivity index is 2.00. The third-order valence-electron chi connectivity index (χ3n) is 2.21. The zero-order valence-corrected chi connectivity index (χ0v) is 9.41. The molecule has 0 fully saturated rings. The fourth-order valence-corrected chi connectivity index (χ4v) is 2.09. The zero-order chi connectivity index (χ0) is 11.4. The molecule has 1 N–H and O–H groups in total. The van der Waals surface area contributed by atoms with Crippen molar-refractivity contribution in [2.24, 2.45) is 0 Å². The number of rotatable bonds is 4. The molecule has 0 saturated carbocycles. The predicted molar refractivity (Wildman–Crippen MR) is 62.6 cm³/mol. The highest BCUT2D eigenvalue weighted by molar-refractivity contribution is 7.09. The van der Waals surface area contributed by atoms with E-state index in [0.29, 0.717) is 12.0 Å². The lowest BCUT2D eigenvalue weighted by Crippen LogP contribution is -2.06. The van der Waals surface area contributed by atoms with Gasteiger partial charge in [0.15, 0.2) is 0 Å². The number of ketones is 1. The van der Waals surface area contributed by atoms with Crippen molar-refractivity contribution in [3.63, 3.8) is 0 Å². The highest BCUT2D eigenvalue weighted by atomic mass is 32.1. The zero-order valence-electron chi connectivity index (χ0n) is 8.59. The molecule has 4 heteroatoms. The highest BCUT2D eigenvalue weighted by Gasteiger charge is 2.09. The van der Waals surface area contributed by atoms with Crippen LogP contribution in [-0.2, 0) is 17.6 Å². The average molecular weight is 233 g/mol. The van der Waals surface area contributed by atoms with Gasteiger partial charge in [0.1, 0.15) is 11.5 Å². The molecule has 0 saturated heterocycles. The number of thiazole rings is 1. The molecule has 0 aliphatic rings. The van der Waals surface area contributed by atoms with Crippen LogP contribution in [0.5, 0.6) is 5.75 Å². The highest BCUT2D eigenvalue weighted by Crippen LogP contribution is 2.17. The Morgan fingerprint density at radius 3 is 2.81 bits per heavy atom. The van der Waals surface area contributed by atoms with Gasteiger partial charge in [-0.2, -0.15) is 0 Å². The first kappa shape index (κ1) is 10.8. The fourth-order valence-electron chi connectivity index (χ4n) is 1.44. The summed E-state index contributed by atoms with van der Waals surface area (Å²) in [7, 11) is 0. The van der Waals surface area contributed by atoms with E-state index in [1.165, 1.54) is 11.3 Å². The number of aromatic hydroxyl groups is 1. The predicted octanol–water partition coefficient (Wildman–Crippen LogP) is 2.20. The largest absolute Gasteiger partial charge is 0.508 e. The molecule has 0 amide bonds. The number of hydrogen-bond acceptors (Lipinski definition) is 4. The van der Waals surface area contributed by atoms with Crippen molar-refractivity contribution in [1.82, 2.24) is 4.98 Å². The van der Waals surface area contributed by atoms with Crippen molar-refractivity contribution in [2.75, 3.05) is 0 Å². The third-order valence-corrected chi connectivity index (χ3v) is 2.99. The molecule has 0 bridgehead atoms. The summed E-state index contributed by atoms with van der Waals surface area (Å²) < 4.78 is 0. The summed E-state index contributed by atoms with van der Waals surface area (Å²) in [5.74, 6) is 0.242. The van der Waals surface area contributed by atoms with E-state index in [9.17, 15) is 9.90 Å². The second-order valence-electron chi connectivity index (χ2n) is 3.45. The molecule has 82 valence electrons. The number of benzene rings is 1. The van der Waals surface area contributed by atoms with Gasteiger partial charge in [-0.25, -0.2) is 4.98 Å². The number of nitrogens with zero attached hydrogens (tertiary/aromatic N) is 1. The lowest BCUT2D eigenvalue weighted by Gasteiger charge is -2.02. The standard InChI is InChI=1S/C12H11NO2S/c14-10(8-12-13-5-6-16-12)7-9-3-1-2-4-11(9)15/h1-6,15H,7-8H2. The van der Waals surface area contributed by atoms with Crippen LogP contribution in [0.25, 0.3) is 0 Å². The Bertz CT molecular complexity index is 480. The minimum atomic E-state index is 0.0662. The lowest BCUT2D eigenvalue weighted by atomic mass is 10.1. The Labute approximate surface area is 97.4 Å². The van der Waals surface area contributed by atoms with Gasteiger partial charge in [-0.15, -0.1) is 11.3 Å². The van der Waals surface area contributed by atoms with E-state index >= 15 is 0 Å². The summed E-state index contributed by atoms with van der Waals surface area (Å²) in [4.78, 5) is 15.7. The molecule has 1 aromatic carbocycles. The van der Waals surface area contributed by atoms with Crippen LogP contribution in [0.15, 0.2) is 35.8 Å². The number of hydrogen-bond donors (Lipinski definition) is 1. The van der Waals surface area contributed by atoms with Crippen molar-refractivity contribution in [1.29, 1.82) is 0 Å². The molecule has 16 heavy (non-hydrogen) atoms. The van der Waals surface area contributed by atoms with Crippen molar-refractivity contribution in [3.05, 3.63) is 46.4 Å². The van der Waals surface area contributed by atoms with Gasteiger partial charge < -0.3 is 5.11 Å². The molecular weight excluding hydrogens is 222 g/mol. The lowest BCUT2D eigenvalue weighted by molar-refractivity contribution is -0.117. The maximum atomic E-state index is 11.7. The molecule has 0 radical (unpaired) electrons. The molecule has 3 nitrogen and oxygen atoms in total. The second kappa shape index (κ2) is 4.90. The molecule has 0 aliphatic heterocycles. The summed E-state index contributed by atoms with van der Waals surface area (Å²) >= 11 is 1.47. The molecule has 0 atom stereocenters. The van der Waals surface area contributed by atoms with Crippen LogP contribution in [-0.4, -0.2) is 15.9 Å². The first-order chi connectivity index (χ1) is 7.75. The number of phenolic OH excluding ortho intramolecular Hbond substituents is 1. The second-order valence-corrected chi connectivity index (χ2v) is 4.43. The molecule has 0 unspecified atom stereocenters. The van der Waals surface area contributed by atoms with E-state index in [1.54, 1.807) is 24.4 Å². The fraction of sp³-hybridized carbons (Fsp3) is 0.167. The van der Waals surface area contributed by atoms with Gasteiger partial charge in [0.25, 0.3) is 0 Å². The van der Waals surface area contributed by atoms with Crippen LogP contribution in [0, 0.1) is 0 Å². The van der Waals surface area contributed by atoms with Gasteiger partial charge in [-0.1, -0.05) is 18.2 Å². The maximum Gasteiger partial charge on any atom is 0.144 e. The van der Waals surface area contributed by atoms with Crippen LogP contribution < -0.4 is 0 Å². The van der Waals surface area contributed by atoms with E-state index in [2.05, 4.69) is 4.98 Å². The Morgan fingerprint density at radius 2 is 2.12 bits per heavy atom. The summed E-state index contributed by atoms with van der Waals surface area (Å²) in [6.45, 7) is 0. The Kier molecular flexibility index (Phi) is 3.31. The van der Waals surface area contributed by atoms with Crippen molar-refractivity contribution in [2.45, 2.75) is 12.8 Å². The van der Waals surface area contributed by atoms with E-state index in [0.717, 1.165) is 5.01 Å². The van der Waals surface area contributed by atoms with E-state index in [1.807, 2.05) is 11.4 Å². The quantitative estimate of drug-likeness (QED) is 0.880. The molecule has 2 aromatic rings. The maximum absolute atomic E-state index is 11.7. The molecular formula is C12H11NO2S. The van der Waals surface area contributed by atoms with Gasteiger partial charge in [0.05, 0.1) is 11.4 Å². The van der Waals surface area contributed by atoms with Crippen LogP contribution in [0.1, 0.15) is 10.6 Å². The monoisotopic (exact) mass is 233 g/mol. The van der Waals surface area contributed by atoms with Crippen molar-refractivity contribution in [3.8, 4) is 5.75 Å². The number of Topliss-reactive ketones (excluding diaryl/α,β-unsaturated/α-hetero) is 1. The number of aromatic nitrogens is 1. The molecule has 0 spiro atoms. The summed E-state index contributed by atoms with van der Waals surface area (Å²) in [6.07, 6.45) is 2.28. The summed E-state index contributed by atoms with van der Waals surface area (Å²) in [5, 5.41) is 12.2. The van der Waals surface area contributed by atoms with Crippen LogP contribution >= 0.6 is 11.3 Å². The van der Waals surface area contributed by atoms with Crippen LogP contribution in [0.4, 0.5) is 0 Å². The van der Waals surface area contributed by atoms with E-state index < -0.39 is 0 Å². The number of phenols is 1. The SMILES string of the molecule is O=C(Cc1nccs1)Cc1ccccc1O. The van der Waals surface area contributed by atoms with Crippen LogP contribution in [0.3, 0.4) is 0 Å². The third kappa shape index (κ3) is 2.67. The molecule has 1 aromatic heterocycles. The normalized spacial score (nSPS) is 10.2.